The third-order valence-electron chi connectivity index (χ3n) is 12.2. The van der Waals surface area contributed by atoms with Crippen LogP contribution in [-0.2, 0) is 23.8 Å². The molecule has 1 aromatic carbocycles. The van der Waals surface area contributed by atoms with Crippen molar-refractivity contribution in [3.05, 3.63) is 83.8 Å². The number of morpholine rings is 1. The van der Waals surface area contributed by atoms with Crippen LogP contribution in [0.15, 0.2) is 78.2 Å². The van der Waals surface area contributed by atoms with Crippen molar-refractivity contribution in [2.24, 2.45) is 22.7 Å². The van der Waals surface area contributed by atoms with E-state index in [0.29, 0.717) is 43.0 Å². The number of hydrogen-bond donors (Lipinski definition) is 3. The van der Waals surface area contributed by atoms with E-state index in [9.17, 15) is 19.8 Å². The molecular formula is C41H54N4O7. The lowest BCUT2D eigenvalue weighted by Gasteiger charge is -2.62. The van der Waals surface area contributed by atoms with Gasteiger partial charge in [-0.2, -0.15) is 0 Å². The summed E-state index contributed by atoms with van der Waals surface area (Å²) in [5.41, 5.74) is 2.11. The van der Waals surface area contributed by atoms with Gasteiger partial charge in [0, 0.05) is 50.5 Å². The molecule has 3 N–H and O–H groups in total. The van der Waals surface area contributed by atoms with E-state index in [1.807, 2.05) is 68.4 Å². The van der Waals surface area contributed by atoms with Gasteiger partial charge in [-0.05, 0) is 85.8 Å². The molecule has 280 valence electrons. The van der Waals surface area contributed by atoms with Crippen LogP contribution < -0.4 is 10.2 Å². The van der Waals surface area contributed by atoms with Crippen LogP contribution in [0.3, 0.4) is 0 Å². The minimum Gasteiger partial charge on any atom is -0.462 e. The Morgan fingerprint density at radius 1 is 1.17 bits per heavy atom. The van der Waals surface area contributed by atoms with Gasteiger partial charge < -0.3 is 34.6 Å². The summed E-state index contributed by atoms with van der Waals surface area (Å²) in [7, 11) is 3.88. The van der Waals surface area contributed by atoms with Crippen LogP contribution in [0.5, 0.6) is 0 Å². The monoisotopic (exact) mass is 714 g/mol. The summed E-state index contributed by atoms with van der Waals surface area (Å²) in [6.45, 7) is 13.6. The largest absolute Gasteiger partial charge is 0.462 e. The van der Waals surface area contributed by atoms with Crippen molar-refractivity contribution in [3.63, 3.8) is 0 Å². The molecule has 6 rings (SSSR count). The van der Waals surface area contributed by atoms with Crippen molar-refractivity contribution in [1.29, 1.82) is 0 Å². The number of aliphatic hydroxyl groups is 2. The number of nitrogens with zero attached hydrogens (tertiary/aromatic N) is 3. The van der Waals surface area contributed by atoms with Crippen LogP contribution in [0, 0.1) is 22.7 Å². The number of ether oxygens (including phenoxy) is 3. The summed E-state index contributed by atoms with van der Waals surface area (Å²) in [5.74, 6) is -0.534. The molecule has 2 aliphatic heterocycles. The van der Waals surface area contributed by atoms with E-state index in [0.717, 1.165) is 37.2 Å². The van der Waals surface area contributed by atoms with Crippen LogP contribution in [0.1, 0.15) is 52.0 Å². The molecule has 4 aliphatic rings. The Kier molecular flexibility index (Phi) is 11.3. The molecule has 1 aromatic heterocycles. The molecule has 4 unspecified atom stereocenters. The zero-order chi connectivity index (χ0) is 37.2. The summed E-state index contributed by atoms with van der Waals surface area (Å²) in [6.07, 6.45) is 5.28. The van der Waals surface area contributed by atoms with E-state index in [4.69, 9.17) is 20.8 Å². The number of rotatable bonds is 11. The molecule has 3 heterocycles. The summed E-state index contributed by atoms with van der Waals surface area (Å²) in [4.78, 5) is 36.4. The molecule has 0 bridgehead atoms. The first kappa shape index (κ1) is 37.7. The van der Waals surface area contributed by atoms with Gasteiger partial charge >= 0.3 is 11.9 Å². The predicted molar refractivity (Wildman–Crippen MR) is 200 cm³/mol. The topological polar surface area (TPSA) is 134 Å². The second-order valence-corrected chi connectivity index (χ2v) is 15.3. The molecule has 2 saturated carbocycles. The highest BCUT2D eigenvalue weighted by atomic mass is 16.6. The lowest BCUT2D eigenvalue weighted by molar-refractivity contribution is -0.163. The standard InChI is InChI=1S/C41H54N4O7/c1-7-51-39(49)37(27-11-13-28(14-12-27)44(5)6)33-22-29(38(48)52-33)31(43-36-10-8-9-17-42-36)23-30-26(2)32(45-18-20-50-21-19-45)24-34-40(30,3)16-15-35(47)41(34,4)25-46/h8-14,17,22,30-32,34-35,46-47H,2,7,15-16,18-21,23-25H2,1,3-6H3,(H,42,43)/b37-33-/t30?,31?,32?,34?,35-,40-,41+/m1/s1. The number of hydrogen-bond acceptors (Lipinski definition) is 11. The summed E-state index contributed by atoms with van der Waals surface area (Å²) >= 11 is 0. The Morgan fingerprint density at radius 2 is 1.90 bits per heavy atom. The number of aliphatic hydroxyl groups excluding tert-OH is 2. The molecule has 52 heavy (non-hydrogen) atoms. The van der Waals surface area contributed by atoms with Crippen molar-refractivity contribution < 1.29 is 34.0 Å². The average molecular weight is 715 g/mol. The summed E-state index contributed by atoms with van der Waals surface area (Å²) in [6, 6.07) is 12.5. The highest BCUT2D eigenvalue weighted by Crippen LogP contribution is 2.62. The van der Waals surface area contributed by atoms with Crippen LogP contribution in [0.4, 0.5) is 11.5 Å². The Bertz CT molecular complexity index is 1690. The van der Waals surface area contributed by atoms with Gasteiger partial charge in [-0.25, -0.2) is 14.6 Å². The van der Waals surface area contributed by atoms with Crippen molar-refractivity contribution >= 4 is 29.0 Å². The third-order valence-corrected chi connectivity index (χ3v) is 12.2. The van der Waals surface area contributed by atoms with E-state index >= 15 is 0 Å². The molecule has 0 radical (unpaired) electrons. The fourth-order valence-electron chi connectivity index (χ4n) is 9.20. The fraction of sp³-hybridized carbons (Fsp3) is 0.537. The number of aromatic nitrogens is 1. The Labute approximate surface area is 307 Å². The van der Waals surface area contributed by atoms with Crippen LogP contribution >= 0.6 is 0 Å². The van der Waals surface area contributed by atoms with Crippen molar-refractivity contribution in [1.82, 2.24) is 9.88 Å². The van der Waals surface area contributed by atoms with Crippen LogP contribution in [-0.4, -0.2) is 104 Å². The minimum absolute atomic E-state index is 0.0131. The fourth-order valence-corrected chi connectivity index (χ4v) is 9.20. The van der Waals surface area contributed by atoms with Gasteiger partial charge in [0.1, 0.15) is 17.2 Å². The maximum absolute atomic E-state index is 14.0. The first-order chi connectivity index (χ1) is 24.9. The number of nitrogens with one attached hydrogen (secondary N) is 1. The molecular weight excluding hydrogens is 660 g/mol. The average Bonchev–Trinajstić information content (AvgIpc) is 3.52. The molecule has 11 nitrogen and oxygen atoms in total. The molecule has 7 atom stereocenters. The minimum atomic E-state index is -0.710. The van der Waals surface area contributed by atoms with Gasteiger partial charge in [0.25, 0.3) is 0 Å². The van der Waals surface area contributed by atoms with Gasteiger partial charge in [0.15, 0.2) is 0 Å². The number of pyridine rings is 1. The molecule has 1 saturated heterocycles. The summed E-state index contributed by atoms with van der Waals surface area (Å²) < 4.78 is 17.1. The number of fused-ring (bicyclic) bond motifs is 1. The zero-order valence-electron chi connectivity index (χ0n) is 31.1. The third kappa shape index (κ3) is 7.16. The molecule has 0 amide bonds. The predicted octanol–water partition coefficient (Wildman–Crippen LogP) is 4.83. The molecule has 2 aliphatic carbocycles. The highest BCUT2D eigenvalue weighted by Gasteiger charge is 2.60. The van der Waals surface area contributed by atoms with E-state index in [2.05, 4.69) is 22.1 Å². The van der Waals surface area contributed by atoms with Crippen LogP contribution in [0.25, 0.3) is 5.57 Å². The Balaban J connectivity index is 1.45. The Hall–Kier alpha value is -4.03. The van der Waals surface area contributed by atoms with Gasteiger partial charge in [-0.1, -0.05) is 44.2 Å². The molecule has 3 fully saturated rings. The number of carbonyl (C=O) groups excluding carboxylic acids is 2. The van der Waals surface area contributed by atoms with E-state index in [1.165, 1.54) is 0 Å². The number of esters is 2. The van der Waals surface area contributed by atoms with Gasteiger partial charge in [-0.3, -0.25) is 4.90 Å². The van der Waals surface area contributed by atoms with Gasteiger partial charge in [0.2, 0.25) is 0 Å². The highest BCUT2D eigenvalue weighted by molar-refractivity contribution is 6.19. The van der Waals surface area contributed by atoms with E-state index < -0.39 is 29.5 Å². The van der Waals surface area contributed by atoms with Crippen molar-refractivity contribution in [2.75, 3.05) is 63.8 Å². The number of benzene rings is 1. The maximum atomic E-state index is 14.0. The van der Waals surface area contributed by atoms with E-state index in [-0.39, 0.29) is 47.8 Å². The number of carbonyl (C=O) groups is 2. The lowest BCUT2D eigenvalue weighted by atomic mass is 9.45. The first-order valence-electron chi connectivity index (χ1n) is 18.5. The maximum Gasteiger partial charge on any atom is 0.342 e. The first-order valence-corrected chi connectivity index (χ1v) is 18.5. The Morgan fingerprint density at radius 3 is 2.54 bits per heavy atom. The second kappa shape index (κ2) is 15.5. The normalized spacial score (nSPS) is 30.9. The smallest absolute Gasteiger partial charge is 0.342 e. The summed E-state index contributed by atoms with van der Waals surface area (Å²) in [5, 5.41) is 25.8. The zero-order valence-corrected chi connectivity index (χ0v) is 31.1. The number of anilines is 2. The lowest BCUT2D eigenvalue weighted by Crippen LogP contribution is -2.62. The van der Waals surface area contributed by atoms with E-state index in [1.54, 1.807) is 19.2 Å². The van der Waals surface area contributed by atoms with Crippen molar-refractivity contribution in [2.45, 2.75) is 64.6 Å². The SMILES string of the molecule is C=C1C(N2CCOCC2)CC2[C@](C)(CC[C@@H](O)[C@@]2(C)CO)C1CC(Nc1ccccn1)C1=C/C(=C(/C(=O)OCC)c2ccc(N(C)C)cc2)OC1=O. The van der Waals surface area contributed by atoms with Crippen molar-refractivity contribution in [3.8, 4) is 0 Å². The second-order valence-electron chi connectivity index (χ2n) is 15.3. The van der Waals surface area contributed by atoms with Gasteiger partial charge in [-0.15, -0.1) is 0 Å². The number of cyclic esters (lactones) is 1. The molecule has 11 heteroatoms. The van der Waals surface area contributed by atoms with Gasteiger partial charge in [0.05, 0.1) is 44.1 Å². The number of allylic oxidation sites excluding steroid dienone is 1. The quantitative estimate of drug-likeness (QED) is 0.168. The van der Waals surface area contributed by atoms with Crippen LogP contribution in [0.2, 0.25) is 0 Å². The molecule has 0 spiro atoms. The molecule has 2 aromatic rings.